The van der Waals surface area contributed by atoms with Gasteiger partial charge in [-0.15, -0.1) is 0 Å². The Morgan fingerprint density at radius 2 is 1.95 bits per heavy atom. The molecule has 110 valence electrons. The van der Waals surface area contributed by atoms with Crippen molar-refractivity contribution in [2.75, 3.05) is 13.1 Å². The SMILES string of the molecule is CC1NNCC1CNC(c1ccccc1)C1CCCC1. The second-order valence-corrected chi connectivity index (χ2v) is 6.42. The maximum atomic E-state index is 3.87. The Bertz CT molecular complexity index is 400. The fourth-order valence-corrected chi connectivity index (χ4v) is 3.68. The number of hydrogen-bond donors (Lipinski definition) is 3. The number of hydrazine groups is 1. The molecular formula is C17H27N3. The highest BCUT2D eigenvalue weighted by Gasteiger charge is 2.28. The van der Waals surface area contributed by atoms with E-state index in [1.54, 1.807) is 0 Å². The van der Waals surface area contributed by atoms with Gasteiger partial charge in [0, 0.05) is 31.1 Å². The Morgan fingerprint density at radius 1 is 1.20 bits per heavy atom. The summed E-state index contributed by atoms with van der Waals surface area (Å²) in [7, 11) is 0. The normalized spacial score (nSPS) is 28.9. The highest BCUT2D eigenvalue weighted by Crippen LogP contribution is 2.35. The Labute approximate surface area is 122 Å². The molecule has 3 heteroatoms. The predicted octanol–water partition coefficient (Wildman–Crippen LogP) is 2.62. The van der Waals surface area contributed by atoms with Gasteiger partial charge in [-0.1, -0.05) is 43.2 Å². The van der Waals surface area contributed by atoms with Crippen LogP contribution in [0.5, 0.6) is 0 Å². The molecule has 1 saturated carbocycles. The first kappa shape index (κ1) is 14.1. The molecule has 1 aromatic rings. The van der Waals surface area contributed by atoms with Crippen molar-refractivity contribution in [2.24, 2.45) is 11.8 Å². The predicted molar refractivity (Wildman–Crippen MR) is 83.2 cm³/mol. The van der Waals surface area contributed by atoms with Crippen molar-refractivity contribution in [1.29, 1.82) is 0 Å². The van der Waals surface area contributed by atoms with Gasteiger partial charge in [-0.25, -0.2) is 0 Å². The van der Waals surface area contributed by atoms with E-state index in [0.717, 1.165) is 19.0 Å². The maximum absolute atomic E-state index is 3.87. The fraction of sp³-hybridized carbons (Fsp3) is 0.647. The topological polar surface area (TPSA) is 36.1 Å². The highest BCUT2D eigenvalue weighted by atomic mass is 15.4. The average molecular weight is 273 g/mol. The van der Waals surface area contributed by atoms with Gasteiger partial charge >= 0.3 is 0 Å². The quantitative estimate of drug-likeness (QED) is 0.772. The average Bonchev–Trinajstić information content (AvgIpc) is 3.13. The van der Waals surface area contributed by atoms with Crippen molar-refractivity contribution in [3.63, 3.8) is 0 Å². The summed E-state index contributed by atoms with van der Waals surface area (Å²) in [6, 6.07) is 12.1. The van der Waals surface area contributed by atoms with Crippen LogP contribution in [0.3, 0.4) is 0 Å². The molecule has 2 fully saturated rings. The summed E-state index contributed by atoms with van der Waals surface area (Å²) in [5, 5.41) is 3.87. The number of nitrogens with one attached hydrogen (secondary N) is 3. The molecule has 0 spiro atoms. The number of rotatable bonds is 5. The lowest BCUT2D eigenvalue weighted by molar-refractivity contribution is 0.335. The highest BCUT2D eigenvalue weighted by molar-refractivity contribution is 5.20. The zero-order chi connectivity index (χ0) is 13.8. The van der Waals surface area contributed by atoms with Crippen LogP contribution in [0, 0.1) is 11.8 Å². The molecule has 2 aliphatic rings. The summed E-state index contributed by atoms with van der Waals surface area (Å²) >= 11 is 0. The molecule has 1 aliphatic carbocycles. The molecule has 1 saturated heterocycles. The van der Waals surface area contributed by atoms with Crippen LogP contribution < -0.4 is 16.2 Å². The van der Waals surface area contributed by atoms with E-state index in [4.69, 9.17) is 0 Å². The van der Waals surface area contributed by atoms with E-state index in [2.05, 4.69) is 53.4 Å². The zero-order valence-electron chi connectivity index (χ0n) is 12.4. The van der Waals surface area contributed by atoms with E-state index in [0.29, 0.717) is 18.0 Å². The molecule has 20 heavy (non-hydrogen) atoms. The second kappa shape index (κ2) is 6.70. The van der Waals surface area contributed by atoms with E-state index in [9.17, 15) is 0 Å². The van der Waals surface area contributed by atoms with E-state index in [1.165, 1.54) is 31.2 Å². The van der Waals surface area contributed by atoms with Gasteiger partial charge in [0.2, 0.25) is 0 Å². The lowest BCUT2D eigenvalue weighted by Crippen LogP contribution is -2.36. The van der Waals surface area contributed by atoms with E-state index in [-0.39, 0.29) is 0 Å². The third-order valence-electron chi connectivity index (χ3n) is 5.03. The lowest BCUT2D eigenvalue weighted by Gasteiger charge is -2.27. The third-order valence-corrected chi connectivity index (χ3v) is 5.03. The summed E-state index contributed by atoms with van der Waals surface area (Å²) in [6.45, 7) is 4.43. The van der Waals surface area contributed by atoms with Gasteiger partial charge in [-0.2, -0.15) is 0 Å². The first-order chi connectivity index (χ1) is 9.84. The molecule has 3 N–H and O–H groups in total. The van der Waals surface area contributed by atoms with Gasteiger partial charge in [0.1, 0.15) is 0 Å². The summed E-state index contributed by atoms with van der Waals surface area (Å²) < 4.78 is 0. The molecule has 0 bridgehead atoms. The fourth-order valence-electron chi connectivity index (χ4n) is 3.68. The van der Waals surface area contributed by atoms with Crippen molar-refractivity contribution < 1.29 is 0 Å². The van der Waals surface area contributed by atoms with Crippen LogP contribution in [0.15, 0.2) is 30.3 Å². The van der Waals surface area contributed by atoms with Crippen LogP contribution in [0.2, 0.25) is 0 Å². The Balaban J connectivity index is 1.66. The number of benzene rings is 1. The van der Waals surface area contributed by atoms with E-state index < -0.39 is 0 Å². The lowest BCUT2D eigenvalue weighted by atomic mass is 9.91. The molecule has 3 atom stereocenters. The monoisotopic (exact) mass is 273 g/mol. The third kappa shape index (κ3) is 3.22. The molecule has 0 amide bonds. The Hall–Kier alpha value is -0.900. The van der Waals surface area contributed by atoms with Crippen LogP contribution in [0.4, 0.5) is 0 Å². The largest absolute Gasteiger partial charge is 0.309 e. The van der Waals surface area contributed by atoms with Crippen LogP contribution in [0.1, 0.15) is 44.2 Å². The first-order valence-corrected chi connectivity index (χ1v) is 8.11. The maximum Gasteiger partial charge on any atom is 0.0348 e. The molecule has 3 unspecified atom stereocenters. The first-order valence-electron chi connectivity index (χ1n) is 8.11. The smallest absolute Gasteiger partial charge is 0.0348 e. The van der Waals surface area contributed by atoms with Gasteiger partial charge in [0.25, 0.3) is 0 Å². The minimum absolute atomic E-state index is 0.534. The van der Waals surface area contributed by atoms with Crippen molar-refractivity contribution in [3.8, 4) is 0 Å². The molecular weight excluding hydrogens is 246 g/mol. The minimum Gasteiger partial charge on any atom is -0.309 e. The summed E-state index contributed by atoms with van der Waals surface area (Å²) in [6.07, 6.45) is 5.56. The standard InChI is InChI=1S/C17H27N3/c1-13-16(12-19-20-13)11-18-17(15-9-5-6-10-15)14-7-3-2-4-8-14/h2-4,7-8,13,15-20H,5-6,9-12H2,1H3. The van der Waals surface area contributed by atoms with E-state index in [1.807, 2.05) is 0 Å². The van der Waals surface area contributed by atoms with E-state index >= 15 is 0 Å². The molecule has 3 nitrogen and oxygen atoms in total. The molecule has 1 aromatic carbocycles. The Kier molecular flexibility index (Phi) is 4.71. The van der Waals surface area contributed by atoms with Crippen LogP contribution in [-0.2, 0) is 0 Å². The summed E-state index contributed by atoms with van der Waals surface area (Å²) in [5.74, 6) is 1.50. The van der Waals surface area contributed by atoms with Crippen molar-refractivity contribution in [3.05, 3.63) is 35.9 Å². The summed E-state index contributed by atoms with van der Waals surface area (Å²) in [5.41, 5.74) is 8.04. The minimum atomic E-state index is 0.534. The summed E-state index contributed by atoms with van der Waals surface area (Å²) in [4.78, 5) is 0. The molecule has 3 rings (SSSR count). The van der Waals surface area contributed by atoms with Crippen molar-refractivity contribution in [2.45, 2.75) is 44.7 Å². The number of hydrogen-bond acceptors (Lipinski definition) is 3. The van der Waals surface area contributed by atoms with Gasteiger partial charge in [-0.3, -0.25) is 10.9 Å². The van der Waals surface area contributed by atoms with Gasteiger partial charge in [-0.05, 0) is 31.2 Å². The van der Waals surface area contributed by atoms with Crippen molar-refractivity contribution >= 4 is 0 Å². The van der Waals surface area contributed by atoms with Crippen LogP contribution in [0.25, 0.3) is 0 Å². The van der Waals surface area contributed by atoms with Crippen LogP contribution >= 0.6 is 0 Å². The van der Waals surface area contributed by atoms with Crippen molar-refractivity contribution in [1.82, 2.24) is 16.2 Å². The van der Waals surface area contributed by atoms with Crippen LogP contribution in [-0.4, -0.2) is 19.1 Å². The Morgan fingerprint density at radius 3 is 2.60 bits per heavy atom. The molecule has 1 aliphatic heterocycles. The van der Waals surface area contributed by atoms with Gasteiger partial charge < -0.3 is 5.32 Å². The molecule has 0 radical (unpaired) electrons. The second-order valence-electron chi connectivity index (χ2n) is 6.42. The molecule has 1 heterocycles. The molecule has 0 aromatic heterocycles. The zero-order valence-corrected chi connectivity index (χ0v) is 12.4. The van der Waals surface area contributed by atoms with Gasteiger partial charge in [0.05, 0.1) is 0 Å². The van der Waals surface area contributed by atoms with Gasteiger partial charge in [0.15, 0.2) is 0 Å².